The summed E-state index contributed by atoms with van der Waals surface area (Å²) in [5.41, 5.74) is 2.63. The quantitative estimate of drug-likeness (QED) is 0.696. The Morgan fingerprint density at radius 3 is 2.94 bits per heavy atom. The maximum atomic E-state index is 4.29. The number of fused-ring (bicyclic) bond motifs is 1. The number of anilines is 2. The van der Waals surface area contributed by atoms with Crippen LogP contribution in [-0.2, 0) is 0 Å². The maximum Gasteiger partial charge on any atom is 0.150 e. The number of nitrogens with one attached hydrogen (secondary N) is 2. The zero-order valence-electron chi connectivity index (χ0n) is 9.18. The fourth-order valence-electron chi connectivity index (χ4n) is 1.56. The van der Waals surface area contributed by atoms with Gasteiger partial charge in [0.05, 0.1) is 35.4 Å². The van der Waals surface area contributed by atoms with Crippen molar-refractivity contribution in [1.82, 2.24) is 24.9 Å². The number of H-pyrrole nitrogens is 1. The van der Waals surface area contributed by atoms with Gasteiger partial charge in [-0.2, -0.15) is 0 Å². The van der Waals surface area contributed by atoms with E-state index in [1.807, 2.05) is 13.0 Å². The average molecular weight is 226 g/mol. The number of hydrogen-bond acceptors (Lipinski definition) is 5. The predicted molar refractivity (Wildman–Crippen MR) is 63.9 cm³/mol. The fourth-order valence-corrected chi connectivity index (χ4v) is 1.56. The molecule has 0 radical (unpaired) electrons. The minimum atomic E-state index is 0.674. The van der Waals surface area contributed by atoms with Crippen molar-refractivity contribution in [1.29, 1.82) is 0 Å². The summed E-state index contributed by atoms with van der Waals surface area (Å²) in [6, 6.07) is 1.86. The topological polar surface area (TPSA) is 79.4 Å². The van der Waals surface area contributed by atoms with Crippen molar-refractivity contribution in [2.24, 2.45) is 0 Å². The van der Waals surface area contributed by atoms with Crippen LogP contribution in [0.3, 0.4) is 0 Å². The number of aryl methyl sites for hydroxylation is 1. The van der Waals surface area contributed by atoms with Gasteiger partial charge in [-0.05, 0) is 6.92 Å². The van der Waals surface area contributed by atoms with E-state index in [0.29, 0.717) is 11.6 Å². The third-order valence-corrected chi connectivity index (χ3v) is 2.32. The summed E-state index contributed by atoms with van der Waals surface area (Å²) in [5.74, 6) is 1.37. The Morgan fingerprint density at radius 2 is 2.06 bits per heavy atom. The van der Waals surface area contributed by atoms with Crippen LogP contribution in [-0.4, -0.2) is 24.9 Å². The standard InChI is InChI=1S/C11H10N6/c1-7-3-12-5-11(16-7)17-10-2-8-9(4-13-10)15-6-14-8/h2-6H,1H3,(H,14,15)(H,13,16,17). The van der Waals surface area contributed by atoms with E-state index < -0.39 is 0 Å². The highest BCUT2D eigenvalue weighted by atomic mass is 15.1. The number of pyridine rings is 1. The largest absolute Gasteiger partial charge is 0.343 e. The van der Waals surface area contributed by atoms with E-state index in [0.717, 1.165) is 16.7 Å². The van der Waals surface area contributed by atoms with E-state index in [-0.39, 0.29) is 0 Å². The Labute approximate surface area is 97.2 Å². The Hall–Kier alpha value is -2.50. The van der Waals surface area contributed by atoms with Gasteiger partial charge >= 0.3 is 0 Å². The lowest BCUT2D eigenvalue weighted by atomic mass is 10.4. The van der Waals surface area contributed by atoms with Gasteiger partial charge in [0, 0.05) is 12.3 Å². The molecule has 3 rings (SSSR count). The van der Waals surface area contributed by atoms with Gasteiger partial charge in [-0.1, -0.05) is 0 Å². The van der Waals surface area contributed by atoms with Crippen molar-refractivity contribution in [3.63, 3.8) is 0 Å². The molecule has 3 aromatic rings. The van der Waals surface area contributed by atoms with Gasteiger partial charge in [-0.15, -0.1) is 0 Å². The van der Waals surface area contributed by atoms with Crippen molar-refractivity contribution in [3.8, 4) is 0 Å². The molecule has 0 aliphatic rings. The fraction of sp³-hybridized carbons (Fsp3) is 0.0909. The summed E-state index contributed by atoms with van der Waals surface area (Å²) in [6.45, 7) is 1.89. The molecule has 0 aromatic carbocycles. The first kappa shape index (κ1) is 9.71. The number of rotatable bonds is 2. The molecule has 6 nitrogen and oxygen atoms in total. The Bertz CT molecular complexity index is 660. The molecule has 0 fully saturated rings. The van der Waals surface area contributed by atoms with E-state index in [4.69, 9.17) is 0 Å². The Morgan fingerprint density at radius 1 is 1.12 bits per heavy atom. The van der Waals surface area contributed by atoms with Gasteiger partial charge in [0.25, 0.3) is 0 Å². The minimum Gasteiger partial charge on any atom is -0.343 e. The number of hydrogen-bond donors (Lipinski definition) is 2. The molecule has 6 heteroatoms. The van der Waals surface area contributed by atoms with Crippen LogP contribution in [0.5, 0.6) is 0 Å². The second-order valence-electron chi connectivity index (χ2n) is 3.66. The van der Waals surface area contributed by atoms with Crippen LogP contribution in [0, 0.1) is 6.92 Å². The van der Waals surface area contributed by atoms with Crippen LogP contribution in [0.25, 0.3) is 11.0 Å². The summed E-state index contributed by atoms with van der Waals surface area (Å²) < 4.78 is 0. The SMILES string of the molecule is Cc1cncc(Nc2cc3nc[nH]c3cn2)n1. The van der Waals surface area contributed by atoms with Gasteiger partial charge in [0.15, 0.2) is 0 Å². The van der Waals surface area contributed by atoms with Gasteiger partial charge in [-0.25, -0.2) is 15.0 Å². The number of aromatic amines is 1. The van der Waals surface area contributed by atoms with E-state index in [1.165, 1.54) is 0 Å². The first-order valence-corrected chi connectivity index (χ1v) is 5.16. The summed E-state index contributed by atoms with van der Waals surface area (Å²) in [7, 11) is 0. The third kappa shape index (κ3) is 1.92. The van der Waals surface area contributed by atoms with Crippen molar-refractivity contribution in [3.05, 3.63) is 36.7 Å². The minimum absolute atomic E-state index is 0.674. The molecule has 0 saturated carbocycles. The molecule has 0 amide bonds. The van der Waals surface area contributed by atoms with E-state index >= 15 is 0 Å². The molecule has 0 aliphatic carbocycles. The second kappa shape index (κ2) is 3.82. The van der Waals surface area contributed by atoms with Crippen LogP contribution in [0.1, 0.15) is 5.69 Å². The first-order valence-electron chi connectivity index (χ1n) is 5.16. The summed E-state index contributed by atoms with van der Waals surface area (Å²) >= 11 is 0. The van der Waals surface area contributed by atoms with Crippen LogP contribution in [0.2, 0.25) is 0 Å². The molecule has 84 valence electrons. The summed E-state index contributed by atoms with van der Waals surface area (Å²) in [4.78, 5) is 19.8. The zero-order valence-corrected chi connectivity index (χ0v) is 9.18. The lowest BCUT2D eigenvalue weighted by Crippen LogP contribution is -1.97. The Kier molecular flexibility index (Phi) is 2.18. The molecule has 0 spiro atoms. The summed E-state index contributed by atoms with van der Waals surface area (Å²) in [6.07, 6.45) is 6.73. The van der Waals surface area contributed by atoms with Gasteiger partial charge in [-0.3, -0.25) is 4.98 Å². The number of imidazole rings is 1. The van der Waals surface area contributed by atoms with Crippen LogP contribution in [0.15, 0.2) is 31.0 Å². The second-order valence-corrected chi connectivity index (χ2v) is 3.66. The molecule has 0 unspecified atom stereocenters. The third-order valence-electron chi connectivity index (χ3n) is 2.32. The molecule has 17 heavy (non-hydrogen) atoms. The van der Waals surface area contributed by atoms with Crippen molar-refractivity contribution in [2.75, 3.05) is 5.32 Å². The lowest BCUT2D eigenvalue weighted by molar-refractivity contribution is 1.11. The molecular formula is C11H10N6. The highest BCUT2D eigenvalue weighted by molar-refractivity contribution is 5.77. The van der Waals surface area contributed by atoms with E-state index in [9.17, 15) is 0 Å². The highest BCUT2D eigenvalue weighted by Crippen LogP contribution is 2.15. The maximum absolute atomic E-state index is 4.29. The molecule has 3 aromatic heterocycles. The van der Waals surface area contributed by atoms with Crippen molar-refractivity contribution in [2.45, 2.75) is 6.92 Å². The molecule has 0 atom stereocenters. The van der Waals surface area contributed by atoms with E-state index in [1.54, 1.807) is 24.9 Å². The molecule has 0 saturated heterocycles. The molecule has 2 N–H and O–H groups in total. The molecule has 0 aliphatic heterocycles. The van der Waals surface area contributed by atoms with E-state index in [2.05, 4.69) is 30.2 Å². The van der Waals surface area contributed by atoms with Crippen LogP contribution >= 0.6 is 0 Å². The van der Waals surface area contributed by atoms with Gasteiger partial charge in [0.1, 0.15) is 11.6 Å². The Balaban J connectivity index is 1.94. The summed E-state index contributed by atoms with van der Waals surface area (Å²) in [5, 5.41) is 3.09. The van der Waals surface area contributed by atoms with Crippen LogP contribution in [0.4, 0.5) is 11.6 Å². The van der Waals surface area contributed by atoms with Gasteiger partial charge < -0.3 is 10.3 Å². The predicted octanol–water partition coefficient (Wildman–Crippen LogP) is 1.80. The molecular weight excluding hydrogens is 216 g/mol. The monoisotopic (exact) mass is 226 g/mol. The van der Waals surface area contributed by atoms with Gasteiger partial charge in [0.2, 0.25) is 0 Å². The molecule has 3 heterocycles. The van der Waals surface area contributed by atoms with Crippen molar-refractivity contribution < 1.29 is 0 Å². The molecule has 0 bridgehead atoms. The zero-order chi connectivity index (χ0) is 11.7. The smallest absolute Gasteiger partial charge is 0.150 e. The number of aromatic nitrogens is 5. The number of nitrogens with zero attached hydrogens (tertiary/aromatic N) is 4. The lowest BCUT2D eigenvalue weighted by Gasteiger charge is -2.04. The first-order chi connectivity index (χ1) is 8.31. The van der Waals surface area contributed by atoms with Crippen LogP contribution < -0.4 is 5.32 Å². The highest BCUT2D eigenvalue weighted by Gasteiger charge is 2.01. The average Bonchev–Trinajstić information content (AvgIpc) is 2.76. The van der Waals surface area contributed by atoms with Crippen molar-refractivity contribution >= 4 is 22.7 Å². The normalized spacial score (nSPS) is 10.6.